The third-order valence-electron chi connectivity index (χ3n) is 6.18. The van der Waals surface area contributed by atoms with Crippen molar-refractivity contribution in [2.24, 2.45) is 0 Å². The average Bonchev–Trinajstić information content (AvgIpc) is 2.70. The number of nitrogens with zero attached hydrogens (tertiary/aromatic N) is 3. The Morgan fingerprint density at radius 1 is 1.15 bits per heavy atom. The fraction of sp³-hybridized carbons (Fsp3) is 0.577. The maximum atomic E-state index is 11.9. The number of hydrogen-bond donors (Lipinski definition) is 1. The van der Waals surface area contributed by atoms with E-state index in [9.17, 15) is 4.79 Å². The average molecular weight is 453 g/mol. The number of alkyl carbamates (subject to hydrolysis) is 1. The molecule has 4 rings (SSSR count). The van der Waals surface area contributed by atoms with Crippen LogP contribution in [0.4, 0.5) is 10.6 Å². The van der Waals surface area contributed by atoms with Gasteiger partial charge in [0.25, 0.3) is 0 Å². The molecule has 1 aliphatic heterocycles. The lowest BCUT2D eigenvalue weighted by atomic mass is 9.70. The first-order valence-electron chi connectivity index (χ1n) is 12.0. The number of carbonyl (C=O) groups excluding carboxylic acids is 1. The molecule has 0 bridgehead atoms. The van der Waals surface area contributed by atoms with Gasteiger partial charge in [-0.05, 0) is 83.2 Å². The van der Waals surface area contributed by atoms with Crippen LogP contribution >= 0.6 is 0 Å². The van der Waals surface area contributed by atoms with E-state index in [2.05, 4.69) is 59.4 Å². The predicted molar refractivity (Wildman–Crippen MR) is 128 cm³/mol. The maximum Gasteiger partial charge on any atom is 0.407 e. The first kappa shape index (κ1) is 23.5. The fourth-order valence-electron chi connectivity index (χ4n) is 4.66. The van der Waals surface area contributed by atoms with E-state index in [4.69, 9.17) is 14.5 Å². The molecule has 1 aliphatic carbocycles. The van der Waals surface area contributed by atoms with Gasteiger partial charge in [-0.15, -0.1) is 0 Å². The topological polar surface area (TPSA) is 76.6 Å². The van der Waals surface area contributed by atoms with Gasteiger partial charge in [-0.1, -0.05) is 6.07 Å². The Kier molecular flexibility index (Phi) is 6.88. The van der Waals surface area contributed by atoms with Crippen molar-refractivity contribution < 1.29 is 14.3 Å². The van der Waals surface area contributed by atoms with Crippen LogP contribution in [0.2, 0.25) is 0 Å². The highest BCUT2D eigenvalue weighted by atomic mass is 16.6. The second kappa shape index (κ2) is 9.67. The summed E-state index contributed by atoms with van der Waals surface area (Å²) in [4.78, 5) is 23.7. The van der Waals surface area contributed by atoms with Gasteiger partial charge in [0.05, 0.1) is 24.4 Å². The van der Waals surface area contributed by atoms with Crippen LogP contribution in [0.1, 0.15) is 76.2 Å². The minimum atomic E-state index is -0.510. The summed E-state index contributed by atoms with van der Waals surface area (Å²) in [6, 6.07) is 10.6. The van der Waals surface area contributed by atoms with Gasteiger partial charge >= 0.3 is 6.09 Å². The summed E-state index contributed by atoms with van der Waals surface area (Å²) in [6.45, 7) is 11.9. The number of ether oxygens (including phenoxy) is 2. The molecule has 0 unspecified atom stereocenters. The number of rotatable bonds is 5. The molecule has 1 saturated carbocycles. The Hall–Kier alpha value is -2.67. The molecule has 1 N–H and O–H groups in total. The first-order chi connectivity index (χ1) is 15.7. The van der Waals surface area contributed by atoms with Crippen molar-refractivity contribution in [3.63, 3.8) is 0 Å². The third kappa shape index (κ3) is 6.22. The molecule has 0 radical (unpaired) electrons. The lowest BCUT2D eigenvalue weighted by molar-refractivity contribution is -0.00548. The van der Waals surface area contributed by atoms with E-state index in [0.717, 1.165) is 37.4 Å². The van der Waals surface area contributed by atoms with Gasteiger partial charge < -0.3 is 19.7 Å². The van der Waals surface area contributed by atoms with Gasteiger partial charge in [-0.3, -0.25) is 4.98 Å². The quantitative estimate of drug-likeness (QED) is 0.704. The number of carbonyl (C=O) groups is 1. The summed E-state index contributed by atoms with van der Waals surface area (Å²) in [7, 11) is 0. The predicted octanol–water partition coefficient (Wildman–Crippen LogP) is 4.78. The van der Waals surface area contributed by atoms with Gasteiger partial charge in [0.1, 0.15) is 11.4 Å². The third-order valence-corrected chi connectivity index (χ3v) is 6.18. The minimum Gasteiger partial charge on any atom is -0.444 e. The standard InChI is InChI=1S/C26H36N4O3/c1-17-15-30(16-18(2)32-17)24-8-6-7-23(29-24)21-11-20(12-21)19-9-10-27-22(13-19)14-28-25(31)33-26(3,4)5/h6-10,13,17-18,20-21H,11-12,14-16H2,1-5H3,(H,28,31)/t17-,18+,20?,21?. The second-order valence-corrected chi connectivity index (χ2v) is 10.4. The molecule has 3 heterocycles. The van der Waals surface area contributed by atoms with Crippen LogP contribution in [0.3, 0.4) is 0 Å². The van der Waals surface area contributed by atoms with E-state index in [1.807, 2.05) is 27.0 Å². The Bertz CT molecular complexity index is 958. The van der Waals surface area contributed by atoms with Crippen LogP contribution < -0.4 is 10.2 Å². The smallest absolute Gasteiger partial charge is 0.407 e. The Morgan fingerprint density at radius 2 is 1.88 bits per heavy atom. The summed E-state index contributed by atoms with van der Waals surface area (Å²) in [5, 5.41) is 2.79. The molecule has 2 aromatic rings. The molecular formula is C26H36N4O3. The van der Waals surface area contributed by atoms with E-state index < -0.39 is 11.7 Å². The molecule has 7 heteroatoms. The number of nitrogens with one attached hydrogen (secondary N) is 1. The summed E-state index contributed by atoms with van der Waals surface area (Å²) < 4.78 is 11.2. The highest BCUT2D eigenvalue weighted by Gasteiger charge is 2.33. The van der Waals surface area contributed by atoms with E-state index >= 15 is 0 Å². The molecule has 0 aromatic carbocycles. The van der Waals surface area contributed by atoms with Gasteiger partial charge in [-0.2, -0.15) is 0 Å². The SMILES string of the molecule is C[C@@H]1CN(c2cccc(C3CC(c4ccnc(CNC(=O)OC(C)(C)C)c4)C3)n2)C[C@H](C)O1. The normalized spacial score (nSPS) is 25.3. The van der Waals surface area contributed by atoms with Crippen LogP contribution in [0.25, 0.3) is 0 Å². The molecule has 33 heavy (non-hydrogen) atoms. The lowest BCUT2D eigenvalue weighted by Gasteiger charge is -2.38. The Morgan fingerprint density at radius 3 is 2.58 bits per heavy atom. The zero-order valence-corrected chi connectivity index (χ0v) is 20.4. The number of hydrogen-bond acceptors (Lipinski definition) is 6. The molecule has 1 saturated heterocycles. The van der Waals surface area contributed by atoms with Gasteiger partial charge in [0.2, 0.25) is 0 Å². The number of amides is 1. The van der Waals surface area contributed by atoms with E-state index in [1.54, 1.807) is 0 Å². The number of morpholine rings is 1. The van der Waals surface area contributed by atoms with Crippen LogP contribution in [0.15, 0.2) is 36.5 Å². The van der Waals surface area contributed by atoms with E-state index in [1.165, 1.54) is 11.3 Å². The molecule has 2 aromatic heterocycles. The van der Waals surface area contributed by atoms with Gasteiger partial charge in [-0.25, -0.2) is 9.78 Å². The molecule has 2 aliphatic rings. The highest BCUT2D eigenvalue weighted by molar-refractivity contribution is 5.67. The van der Waals surface area contributed by atoms with E-state index in [-0.39, 0.29) is 12.2 Å². The summed E-state index contributed by atoms with van der Waals surface area (Å²) in [6.07, 6.45) is 4.00. The van der Waals surface area contributed by atoms with Crippen molar-refractivity contribution in [2.45, 2.75) is 83.6 Å². The van der Waals surface area contributed by atoms with Gasteiger partial charge in [0.15, 0.2) is 0 Å². The largest absolute Gasteiger partial charge is 0.444 e. The van der Waals surface area contributed by atoms with Crippen molar-refractivity contribution >= 4 is 11.9 Å². The molecular weight excluding hydrogens is 416 g/mol. The Labute approximate surface area is 196 Å². The molecule has 2 atom stereocenters. The number of anilines is 1. The summed E-state index contributed by atoms with van der Waals surface area (Å²) in [5.41, 5.74) is 2.78. The van der Waals surface area contributed by atoms with Gasteiger partial charge in [0, 0.05) is 30.9 Å². The minimum absolute atomic E-state index is 0.220. The summed E-state index contributed by atoms with van der Waals surface area (Å²) >= 11 is 0. The number of aromatic nitrogens is 2. The van der Waals surface area contributed by atoms with Crippen LogP contribution in [0, 0.1) is 0 Å². The number of pyridine rings is 2. The van der Waals surface area contributed by atoms with Crippen molar-refractivity contribution in [1.29, 1.82) is 0 Å². The van der Waals surface area contributed by atoms with Crippen molar-refractivity contribution in [2.75, 3.05) is 18.0 Å². The fourth-order valence-corrected chi connectivity index (χ4v) is 4.66. The zero-order chi connectivity index (χ0) is 23.6. The molecule has 178 valence electrons. The van der Waals surface area contributed by atoms with Crippen molar-refractivity contribution in [3.05, 3.63) is 53.5 Å². The highest BCUT2D eigenvalue weighted by Crippen LogP contribution is 2.47. The zero-order valence-electron chi connectivity index (χ0n) is 20.4. The second-order valence-electron chi connectivity index (χ2n) is 10.4. The molecule has 2 fully saturated rings. The lowest BCUT2D eigenvalue weighted by Crippen LogP contribution is -2.45. The van der Waals surface area contributed by atoms with Crippen LogP contribution in [-0.2, 0) is 16.0 Å². The van der Waals surface area contributed by atoms with Crippen LogP contribution in [-0.4, -0.2) is 47.0 Å². The first-order valence-corrected chi connectivity index (χ1v) is 12.0. The Balaban J connectivity index is 1.33. The molecule has 7 nitrogen and oxygen atoms in total. The van der Waals surface area contributed by atoms with E-state index in [0.29, 0.717) is 18.4 Å². The maximum absolute atomic E-state index is 11.9. The molecule has 0 spiro atoms. The monoisotopic (exact) mass is 452 g/mol. The van der Waals surface area contributed by atoms with Crippen LogP contribution in [0.5, 0.6) is 0 Å². The summed E-state index contributed by atoms with van der Waals surface area (Å²) in [5.74, 6) is 2.02. The van der Waals surface area contributed by atoms with Crippen molar-refractivity contribution in [1.82, 2.24) is 15.3 Å². The molecule has 1 amide bonds. The van der Waals surface area contributed by atoms with Crippen molar-refractivity contribution in [3.8, 4) is 0 Å².